The molecule has 0 heterocycles. The minimum absolute atomic E-state index is 0.306. The Morgan fingerprint density at radius 2 is 1.84 bits per heavy atom. The molecule has 3 heteroatoms. The van der Waals surface area contributed by atoms with Crippen molar-refractivity contribution in [3.05, 3.63) is 29.8 Å². The van der Waals surface area contributed by atoms with Gasteiger partial charge in [0.05, 0.1) is 6.10 Å². The summed E-state index contributed by atoms with van der Waals surface area (Å²) in [4.78, 5) is 2.08. The van der Waals surface area contributed by atoms with E-state index in [1.54, 1.807) is 0 Å². The number of aliphatic hydroxyl groups excluding tert-OH is 1. The molecule has 0 fully saturated rings. The zero-order chi connectivity index (χ0) is 14.3. The highest BCUT2D eigenvalue weighted by Gasteiger charge is 2.09. The first-order chi connectivity index (χ1) is 9.08. The van der Waals surface area contributed by atoms with Crippen LogP contribution in [0.5, 0.6) is 0 Å². The number of nitrogens with zero attached hydrogens (tertiary/aromatic N) is 1. The Bertz CT molecular complexity index is 348. The van der Waals surface area contributed by atoms with E-state index in [0.29, 0.717) is 12.6 Å². The number of benzene rings is 1. The van der Waals surface area contributed by atoms with Crippen LogP contribution in [0.15, 0.2) is 24.3 Å². The smallest absolute Gasteiger partial charge is 0.0686 e. The molecule has 2 atom stereocenters. The van der Waals surface area contributed by atoms with Gasteiger partial charge in [0, 0.05) is 25.3 Å². The van der Waals surface area contributed by atoms with Gasteiger partial charge in [-0.3, -0.25) is 0 Å². The summed E-state index contributed by atoms with van der Waals surface area (Å²) in [6.45, 7) is 7.92. The topological polar surface area (TPSA) is 35.5 Å². The molecule has 0 amide bonds. The van der Waals surface area contributed by atoms with E-state index in [4.69, 9.17) is 0 Å². The third-order valence-electron chi connectivity index (χ3n) is 3.32. The van der Waals surface area contributed by atoms with Gasteiger partial charge >= 0.3 is 0 Å². The zero-order valence-corrected chi connectivity index (χ0v) is 12.7. The number of rotatable bonds is 8. The highest BCUT2D eigenvalue weighted by atomic mass is 16.3. The average molecular weight is 264 g/mol. The van der Waals surface area contributed by atoms with E-state index in [0.717, 1.165) is 25.1 Å². The Labute approximate surface area is 117 Å². The van der Waals surface area contributed by atoms with Crippen LogP contribution >= 0.6 is 0 Å². The van der Waals surface area contributed by atoms with E-state index in [1.165, 1.54) is 5.56 Å². The van der Waals surface area contributed by atoms with Gasteiger partial charge in [-0.1, -0.05) is 26.0 Å². The second-order valence-corrected chi connectivity index (χ2v) is 5.24. The Hall–Kier alpha value is -1.06. The van der Waals surface area contributed by atoms with Crippen molar-refractivity contribution in [2.45, 2.75) is 45.8 Å². The predicted molar refractivity (Wildman–Crippen MR) is 82.7 cm³/mol. The summed E-state index contributed by atoms with van der Waals surface area (Å²) in [6, 6.07) is 9.08. The van der Waals surface area contributed by atoms with Crippen molar-refractivity contribution >= 4 is 5.69 Å². The minimum atomic E-state index is -0.306. The molecular weight excluding hydrogens is 236 g/mol. The Morgan fingerprint density at radius 1 is 1.21 bits per heavy atom. The number of likely N-dealkylation sites (N-methyl/N-ethyl adjacent to an activating group) is 1. The van der Waals surface area contributed by atoms with E-state index in [1.807, 2.05) is 14.0 Å². The molecule has 0 aromatic heterocycles. The fraction of sp³-hybridized carbons (Fsp3) is 0.625. The van der Waals surface area contributed by atoms with Crippen molar-refractivity contribution in [3.63, 3.8) is 0 Å². The van der Waals surface area contributed by atoms with Crippen LogP contribution in [0, 0.1) is 0 Å². The molecule has 2 N–H and O–H groups in total. The van der Waals surface area contributed by atoms with Gasteiger partial charge in [-0.2, -0.15) is 0 Å². The minimum Gasteiger partial charge on any atom is -0.392 e. The third kappa shape index (κ3) is 5.21. The molecule has 1 aromatic carbocycles. The summed E-state index contributed by atoms with van der Waals surface area (Å²) < 4.78 is 0. The molecule has 0 aliphatic carbocycles. The summed E-state index contributed by atoms with van der Waals surface area (Å²) in [5, 5.41) is 13.0. The van der Waals surface area contributed by atoms with Crippen molar-refractivity contribution in [1.29, 1.82) is 0 Å². The van der Waals surface area contributed by atoms with Crippen LogP contribution in [-0.2, 0) is 0 Å². The SMILES string of the molecule is CCCNC(CC)c1ccc(N(C)CC(C)O)cc1. The van der Waals surface area contributed by atoms with Gasteiger partial charge in [0.25, 0.3) is 0 Å². The fourth-order valence-corrected chi connectivity index (χ4v) is 2.28. The van der Waals surface area contributed by atoms with E-state index in [9.17, 15) is 5.11 Å². The molecule has 0 aliphatic heterocycles. The van der Waals surface area contributed by atoms with Crippen LogP contribution in [0.25, 0.3) is 0 Å². The third-order valence-corrected chi connectivity index (χ3v) is 3.32. The standard InChI is InChI=1S/C16H28N2O/c1-5-11-17-16(6-2)14-7-9-15(10-8-14)18(4)12-13(3)19/h7-10,13,16-17,19H,5-6,11-12H2,1-4H3. The van der Waals surface area contributed by atoms with Crippen LogP contribution in [0.3, 0.4) is 0 Å². The van der Waals surface area contributed by atoms with E-state index in [-0.39, 0.29) is 6.10 Å². The van der Waals surface area contributed by atoms with Crippen molar-refractivity contribution < 1.29 is 5.11 Å². The first-order valence-electron chi connectivity index (χ1n) is 7.31. The monoisotopic (exact) mass is 264 g/mol. The van der Waals surface area contributed by atoms with Crippen LogP contribution in [-0.4, -0.2) is 31.3 Å². The van der Waals surface area contributed by atoms with E-state index in [2.05, 4.69) is 48.3 Å². The van der Waals surface area contributed by atoms with Gasteiger partial charge in [0.2, 0.25) is 0 Å². The number of anilines is 1. The maximum Gasteiger partial charge on any atom is 0.0686 e. The lowest BCUT2D eigenvalue weighted by Gasteiger charge is -2.22. The number of nitrogens with one attached hydrogen (secondary N) is 1. The van der Waals surface area contributed by atoms with Crippen molar-refractivity contribution in [2.75, 3.05) is 25.0 Å². The van der Waals surface area contributed by atoms with E-state index < -0.39 is 0 Å². The van der Waals surface area contributed by atoms with Crippen LogP contribution in [0.1, 0.15) is 45.2 Å². The first-order valence-corrected chi connectivity index (χ1v) is 7.31. The molecule has 0 radical (unpaired) electrons. The maximum atomic E-state index is 9.41. The Balaban J connectivity index is 2.68. The first kappa shape index (κ1) is 16.0. The van der Waals surface area contributed by atoms with Gasteiger partial charge < -0.3 is 15.3 Å². The molecule has 108 valence electrons. The Kier molecular flexibility index (Phi) is 6.89. The van der Waals surface area contributed by atoms with Crippen LogP contribution in [0.2, 0.25) is 0 Å². The number of hydrogen-bond acceptors (Lipinski definition) is 3. The molecule has 0 bridgehead atoms. The quantitative estimate of drug-likeness (QED) is 0.758. The largest absolute Gasteiger partial charge is 0.392 e. The molecule has 0 saturated heterocycles. The van der Waals surface area contributed by atoms with Gasteiger partial charge in [-0.25, -0.2) is 0 Å². The maximum absolute atomic E-state index is 9.41. The van der Waals surface area contributed by atoms with Gasteiger partial charge in [-0.15, -0.1) is 0 Å². The van der Waals surface area contributed by atoms with Crippen LogP contribution < -0.4 is 10.2 Å². The van der Waals surface area contributed by atoms with Crippen molar-refractivity contribution in [2.24, 2.45) is 0 Å². The Morgan fingerprint density at radius 3 is 2.32 bits per heavy atom. The van der Waals surface area contributed by atoms with Crippen molar-refractivity contribution in [3.8, 4) is 0 Å². The van der Waals surface area contributed by atoms with E-state index >= 15 is 0 Å². The lowest BCUT2D eigenvalue weighted by Crippen LogP contribution is -2.27. The summed E-state index contributed by atoms with van der Waals surface area (Å²) in [5.41, 5.74) is 2.49. The second-order valence-electron chi connectivity index (χ2n) is 5.24. The fourth-order valence-electron chi connectivity index (χ4n) is 2.28. The number of aliphatic hydroxyl groups is 1. The highest BCUT2D eigenvalue weighted by Crippen LogP contribution is 2.20. The molecule has 0 spiro atoms. The molecule has 2 unspecified atom stereocenters. The van der Waals surface area contributed by atoms with Gasteiger partial charge in [-0.05, 0) is 44.0 Å². The molecule has 3 nitrogen and oxygen atoms in total. The summed E-state index contributed by atoms with van der Waals surface area (Å²) in [7, 11) is 2.01. The van der Waals surface area contributed by atoms with Crippen molar-refractivity contribution in [1.82, 2.24) is 5.32 Å². The molecule has 19 heavy (non-hydrogen) atoms. The summed E-state index contributed by atoms with van der Waals surface area (Å²) in [5.74, 6) is 0. The molecule has 1 rings (SSSR count). The lowest BCUT2D eigenvalue weighted by molar-refractivity contribution is 0.201. The highest BCUT2D eigenvalue weighted by molar-refractivity contribution is 5.47. The zero-order valence-electron chi connectivity index (χ0n) is 12.7. The number of hydrogen-bond donors (Lipinski definition) is 2. The predicted octanol–water partition coefficient (Wildman–Crippen LogP) is 2.95. The lowest BCUT2D eigenvalue weighted by atomic mass is 10.0. The average Bonchev–Trinajstić information content (AvgIpc) is 2.39. The van der Waals surface area contributed by atoms with Gasteiger partial charge in [0.15, 0.2) is 0 Å². The molecule has 1 aromatic rings. The summed E-state index contributed by atoms with van der Waals surface area (Å²) >= 11 is 0. The molecular formula is C16H28N2O. The summed E-state index contributed by atoms with van der Waals surface area (Å²) in [6.07, 6.45) is 1.95. The molecule has 0 aliphatic rings. The van der Waals surface area contributed by atoms with Gasteiger partial charge in [0.1, 0.15) is 0 Å². The van der Waals surface area contributed by atoms with Crippen LogP contribution in [0.4, 0.5) is 5.69 Å². The normalized spacial score (nSPS) is 14.2. The molecule has 0 saturated carbocycles. The second kappa shape index (κ2) is 8.18.